The van der Waals surface area contributed by atoms with Crippen LogP contribution in [0.1, 0.15) is 45.1 Å². The number of benzene rings is 1. The van der Waals surface area contributed by atoms with Gasteiger partial charge in [0.2, 0.25) is 0 Å². The first kappa shape index (κ1) is 15.7. The Kier molecular flexibility index (Phi) is 3.98. The van der Waals surface area contributed by atoms with Crippen molar-refractivity contribution in [2.45, 2.75) is 39.2 Å². The molecule has 1 unspecified atom stereocenters. The average Bonchev–Trinajstić information content (AvgIpc) is 2.90. The van der Waals surface area contributed by atoms with Crippen LogP contribution in [-0.2, 0) is 5.41 Å². The maximum Gasteiger partial charge on any atom is 0.178 e. The number of halogens is 1. The van der Waals surface area contributed by atoms with Gasteiger partial charge < -0.3 is 5.32 Å². The van der Waals surface area contributed by atoms with Crippen molar-refractivity contribution in [1.29, 1.82) is 0 Å². The van der Waals surface area contributed by atoms with E-state index in [-0.39, 0.29) is 11.5 Å². The Morgan fingerprint density at radius 1 is 1.09 bits per heavy atom. The number of anilines is 1. The lowest BCUT2D eigenvalue weighted by atomic mass is 9.96. The van der Waals surface area contributed by atoms with Gasteiger partial charge in [-0.15, -0.1) is 15.3 Å². The van der Waals surface area contributed by atoms with Gasteiger partial charge in [0.05, 0.1) is 6.04 Å². The molecule has 0 fully saturated rings. The maximum absolute atomic E-state index is 6.26. The molecule has 23 heavy (non-hydrogen) atoms. The first-order valence-electron chi connectivity index (χ1n) is 7.60. The van der Waals surface area contributed by atoms with Crippen molar-refractivity contribution in [1.82, 2.24) is 19.8 Å². The second-order valence-corrected chi connectivity index (χ2v) is 7.06. The fourth-order valence-electron chi connectivity index (χ4n) is 2.46. The van der Waals surface area contributed by atoms with Crippen LogP contribution in [0.2, 0.25) is 5.02 Å². The smallest absolute Gasteiger partial charge is 0.178 e. The molecule has 1 aromatic carbocycles. The lowest BCUT2D eigenvalue weighted by molar-refractivity contribution is 0.527. The molecule has 2 heterocycles. The van der Waals surface area contributed by atoms with E-state index in [0.717, 1.165) is 27.9 Å². The monoisotopic (exact) mass is 329 g/mol. The maximum atomic E-state index is 6.26. The van der Waals surface area contributed by atoms with Gasteiger partial charge in [0.1, 0.15) is 5.82 Å². The van der Waals surface area contributed by atoms with E-state index < -0.39 is 0 Å². The van der Waals surface area contributed by atoms with Gasteiger partial charge >= 0.3 is 0 Å². The molecule has 5 nitrogen and oxygen atoms in total. The molecule has 0 saturated heterocycles. The molecule has 3 aromatic rings. The highest BCUT2D eigenvalue weighted by Gasteiger charge is 2.22. The van der Waals surface area contributed by atoms with Gasteiger partial charge in [-0.25, -0.2) is 0 Å². The van der Waals surface area contributed by atoms with Gasteiger partial charge in [-0.05, 0) is 30.7 Å². The number of aromatic nitrogens is 4. The van der Waals surface area contributed by atoms with E-state index in [1.807, 2.05) is 36.4 Å². The third kappa shape index (κ3) is 3.15. The van der Waals surface area contributed by atoms with E-state index in [0.29, 0.717) is 0 Å². The minimum atomic E-state index is -0.126. The zero-order valence-electron chi connectivity index (χ0n) is 13.7. The number of hydrogen-bond donors (Lipinski definition) is 1. The van der Waals surface area contributed by atoms with Crippen molar-refractivity contribution in [3.05, 3.63) is 52.8 Å². The van der Waals surface area contributed by atoms with Crippen molar-refractivity contribution in [2.75, 3.05) is 5.32 Å². The van der Waals surface area contributed by atoms with E-state index in [4.69, 9.17) is 11.6 Å². The SMILES string of the molecule is CC(Nc1ccc2nnc(C(C)(C)C)n2n1)c1ccccc1Cl. The van der Waals surface area contributed by atoms with Crippen LogP contribution >= 0.6 is 11.6 Å². The molecule has 2 aromatic heterocycles. The first-order valence-corrected chi connectivity index (χ1v) is 7.98. The minimum absolute atomic E-state index is 0.0446. The van der Waals surface area contributed by atoms with Crippen molar-refractivity contribution in [3.8, 4) is 0 Å². The van der Waals surface area contributed by atoms with Gasteiger partial charge in [-0.1, -0.05) is 50.6 Å². The number of hydrogen-bond acceptors (Lipinski definition) is 4. The Balaban J connectivity index is 1.93. The van der Waals surface area contributed by atoms with Crippen LogP contribution in [0.3, 0.4) is 0 Å². The predicted octanol–water partition coefficient (Wildman–Crippen LogP) is 4.25. The topological polar surface area (TPSA) is 55.1 Å². The standard InChI is InChI=1S/C17H20ClN5/c1-11(12-7-5-6-8-13(12)18)19-14-9-10-15-20-21-16(17(2,3)4)23(15)22-14/h5-11H,1-4H3,(H,19,22). The molecule has 0 saturated carbocycles. The molecule has 0 aliphatic heterocycles. The van der Waals surface area contributed by atoms with Crippen molar-refractivity contribution < 1.29 is 0 Å². The summed E-state index contributed by atoms with van der Waals surface area (Å²) in [6.45, 7) is 8.34. The summed E-state index contributed by atoms with van der Waals surface area (Å²) in [7, 11) is 0. The predicted molar refractivity (Wildman–Crippen MR) is 93.0 cm³/mol. The van der Waals surface area contributed by atoms with Crippen molar-refractivity contribution in [2.24, 2.45) is 0 Å². The quantitative estimate of drug-likeness (QED) is 0.780. The van der Waals surface area contributed by atoms with Gasteiger partial charge in [0.25, 0.3) is 0 Å². The minimum Gasteiger partial charge on any atom is -0.362 e. The van der Waals surface area contributed by atoms with Gasteiger partial charge in [0, 0.05) is 10.4 Å². The molecule has 0 radical (unpaired) electrons. The number of fused-ring (bicyclic) bond motifs is 1. The second-order valence-electron chi connectivity index (χ2n) is 6.65. The highest BCUT2D eigenvalue weighted by atomic mass is 35.5. The lowest BCUT2D eigenvalue weighted by Gasteiger charge is -2.18. The molecule has 3 rings (SSSR count). The molecule has 120 valence electrons. The van der Waals surface area contributed by atoms with E-state index in [1.54, 1.807) is 4.52 Å². The normalized spacial score (nSPS) is 13.3. The van der Waals surface area contributed by atoms with Gasteiger partial charge in [-0.3, -0.25) is 0 Å². The number of nitrogens with zero attached hydrogens (tertiary/aromatic N) is 4. The Hall–Kier alpha value is -2.14. The van der Waals surface area contributed by atoms with Crippen LogP contribution in [0.25, 0.3) is 5.65 Å². The molecule has 0 spiro atoms. The Labute approximate surface area is 140 Å². The molecule has 1 N–H and O–H groups in total. The Bertz CT molecular complexity index is 834. The zero-order valence-corrected chi connectivity index (χ0v) is 14.5. The van der Waals surface area contributed by atoms with Crippen LogP contribution in [0, 0.1) is 0 Å². The molecule has 0 amide bonds. The fraction of sp³-hybridized carbons (Fsp3) is 0.353. The summed E-state index contributed by atoms with van der Waals surface area (Å²) >= 11 is 6.26. The van der Waals surface area contributed by atoms with E-state index >= 15 is 0 Å². The lowest BCUT2D eigenvalue weighted by Crippen LogP contribution is -2.18. The molecule has 0 aliphatic rings. The summed E-state index contributed by atoms with van der Waals surface area (Å²) in [6.07, 6.45) is 0. The van der Waals surface area contributed by atoms with E-state index in [9.17, 15) is 0 Å². The molecule has 1 atom stereocenters. The highest BCUT2D eigenvalue weighted by molar-refractivity contribution is 6.31. The molecule has 0 bridgehead atoms. The third-order valence-electron chi connectivity index (χ3n) is 3.67. The van der Waals surface area contributed by atoms with Crippen molar-refractivity contribution in [3.63, 3.8) is 0 Å². The van der Waals surface area contributed by atoms with Gasteiger partial charge in [0.15, 0.2) is 11.5 Å². The first-order chi connectivity index (χ1) is 10.9. The summed E-state index contributed by atoms with van der Waals surface area (Å²) in [5, 5.41) is 17.2. The fourth-order valence-corrected chi connectivity index (χ4v) is 2.76. The average molecular weight is 330 g/mol. The van der Waals surface area contributed by atoms with Gasteiger partial charge in [-0.2, -0.15) is 4.52 Å². The van der Waals surface area contributed by atoms with E-state index in [2.05, 4.69) is 48.3 Å². The van der Waals surface area contributed by atoms with Crippen molar-refractivity contribution >= 4 is 23.1 Å². The summed E-state index contributed by atoms with van der Waals surface area (Å²) in [5.74, 6) is 1.59. The van der Waals surface area contributed by atoms with Crippen LogP contribution in [0.15, 0.2) is 36.4 Å². The number of nitrogens with one attached hydrogen (secondary N) is 1. The Morgan fingerprint density at radius 3 is 2.52 bits per heavy atom. The summed E-state index contributed by atoms with van der Waals surface area (Å²) < 4.78 is 1.79. The largest absolute Gasteiger partial charge is 0.362 e. The van der Waals surface area contributed by atoms with Crippen LogP contribution in [-0.4, -0.2) is 19.8 Å². The Morgan fingerprint density at radius 2 is 1.83 bits per heavy atom. The highest BCUT2D eigenvalue weighted by Crippen LogP contribution is 2.26. The molecular weight excluding hydrogens is 310 g/mol. The third-order valence-corrected chi connectivity index (χ3v) is 4.01. The summed E-state index contributed by atoms with van der Waals surface area (Å²) in [5.41, 5.74) is 1.65. The number of rotatable bonds is 3. The summed E-state index contributed by atoms with van der Waals surface area (Å²) in [4.78, 5) is 0. The van der Waals surface area contributed by atoms with E-state index in [1.165, 1.54) is 0 Å². The van der Waals surface area contributed by atoms with Crippen LogP contribution in [0.5, 0.6) is 0 Å². The summed E-state index contributed by atoms with van der Waals surface area (Å²) in [6, 6.07) is 11.7. The zero-order chi connectivity index (χ0) is 16.6. The second kappa shape index (κ2) is 5.81. The van der Waals surface area contributed by atoms with Crippen LogP contribution in [0.4, 0.5) is 5.82 Å². The molecule has 6 heteroatoms. The molecule has 0 aliphatic carbocycles. The molecular formula is C17H20ClN5. The van der Waals surface area contributed by atoms with Crippen LogP contribution < -0.4 is 5.32 Å².